The van der Waals surface area contributed by atoms with Gasteiger partial charge in [0.2, 0.25) is 0 Å². The predicted octanol–water partition coefficient (Wildman–Crippen LogP) is -1.65. The normalized spacial score (nSPS) is 9.57. The summed E-state index contributed by atoms with van der Waals surface area (Å²) in [4.78, 5) is 0. The Kier molecular flexibility index (Phi) is 6.98. The molecule has 6 heteroatoms. The Morgan fingerprint density at radius 3 is 1.57 bits per heavy atom. The molecule has 0 aromatic rings. The fourth-order valence-electron chi connectivity index (χ4n) is 0. The molecule has 0 aromatic carbocycles. The Morgan fingerprint density at radius 1 is 1.43 bits per heavy atom. The van der Waals surface area contributed by atoms with Crippen LogP contribution in [0.3, 0.4) is 0 Å². The van der Waals surface area contributed by atoms with Crippen molar-refractivity contribution in [2.45, 2.75) is 6.30 Å². The molecule has 0 atom stereocenters. The molecule has 0 bridgehead atoms. The van der Waals surface area contributed by atoms with Gasteiger partial charge in [-0.05, 0) is 0 Å². The van der Waals surface area contributed by atoms with Crippen LogP contribution in [0.15, 0.2) is 4.36 Å². The van der Waals surface area contributed by atoms with Gasteiger partial charge >= 0.3 is 57.7 Å². The first-order chi connectivity index (χ1) is 2.56. The standard InChI is InChI=1S/CF3NS.K.H/c2-1(3,4)5-6;;/q;+1;-1. The van der Waals surface area contributed by atoms with Crippen LogP contribution in [0.5, 0.6) is 0 Å². The first-order valence-electron chi connectivity index (χ1n) is 0.973. The van der Waals surface area contributed by atoms with E-state index in [2.05, 4.69) is 12.4 Å². The van der Waals surface area contributed by atoms with Gasteiger partial charge in [0.25, 0.3) is 0 Å². The van der Waals surface area contributed by atoms with Gasteiger partial charge in [-0.3, -0.25) is 0 Å². The van der Waals surface area contributed by atoms with Crippen molar-refractivity contribution in [3.63, 3.8) is 0 Å². The van der Waals surface area contributed by atoms with Gasteiger partial charge in [0.1, 0.15) is 0 Å². The van der Waals surface area contributed by atoms with E-state index < -0.39 is 6.30 Å². The van der Waals surface area contributed by atoms with Gasteiger partial charge < -0.3 is 1.43 Å². The van der Waals surface area contributed by atoms with Crippen molar-refractivity contribution >= 4 is 12.4 Å². The maximum atomic E-state index is 10.5. The second-order valence-corrected chi connectivity index (χ2v) is 0.742. The molecule has 38 valence electrons. The quantitative estimate of drug-likeness (QED) is 0.302. The van der Waals surface area contributed by atoms with E-state index in [0.29, 0.717) is 0 Å². The Labute approximate surface area is 87.7 Å². The molecule has 1 nitrogen and oxygen atoms in total. The number of rotatable bonds is 0. The molecule has 0 aliphatic carbocycles. The largest absolute Gasteiger partial charge is 1.00 e. The molecule has 0 unspecified atom stereocenters. The summed E-state index contributed by atoms with van der Waals surface area (Å²) in [6, 6.07) is 0. The molecule has 0 spiro atoms. The molecule has 0 saturated carbocycles. The number of halogens is 3. The van der Waals surface area contributed by atoms with Gasteiger partial charge in [0.05, 0.1) is 0 Å². The Balaban J connectivity index is -0.000000125. The maximum absolute atomic E-state index is 10.5. The van der Waals surface area contributed by atoms with Crippen molar-refractivity contribution in [3.8, 4) is 0 Å². The van der Waals surface area contributed by atoms with Crippen LogP contribution in [0.2, 0.25) is 0 Å². The molecule has 0 aliphatic heterocycles. The molecule has 0 amide bonds. The van der Waals surface area contributed by atoms with Gasteiger partial charge in [-0.15, -0.1) is 17.5 Å². The van der Waals surface area contributed by atoms with E-state index in [9.17, 15) is 13.2 Å². The van der Waals surface area contributed by atoms with E-state index in [-0.39, 0.29) is 52.8 Å². The van der Waals surface area contributed by atoms with Crippen LogP contribution in [0.25, 0.3) is 0 Å². The average Bonchev–Trinajstić information content (AvgIpc) is 1.35. The van der Waals surface area contributed by atoms with Gasteiger partial charge in [0.15, 0.2) is 0 Å². The molecule has 0 saturated heterocycles. The third-order valence-corrected chi connectivity index (χ3v) is 0.311. The monoisotopic (exact) mass is 155 g/mol. The molecule has 0 heterocycles. The van der Waals surface area contributed by atoms with Crippen LogP contribution < -0.4 is 51.4 Å². The van der Waals surface area contributed by atoms with Crippen molar-refractivity contribution in [1.82, 2.24) is 0 Å². The van der Waals surface area contributed by atoms with Crippen LogP contribution in [0.1, 0.15) is 1.43 Å². The molecule has 0 aliphatic rings. The van der Waals surface area contributed by atoms with Crippen LogP contribution in [0, 0.1) is 0 Å². The summed E-state index contributed by atoms with van der Waals surface area (Å²) >= 11 is 3.29. The predicted molar refractivity (Wildman–Crippen MR) is 17.0 cm³/mol. The molecular weight excluding hydrogens is 154 g/mol. The zero-order valence-corrected chi connectivity index (χ0v) is 7.43. The minimum absolute atomic E-state index is 0. The molecule has 0 N–H and O–H groups in total. The molecule has 0 aromatic heterocycles. The summed E-state index contributed by atoms with van der Waals surface area (Å²) in [5.41, 5.74) is 0. The molecule has 0 radical (unpaired) electrons. The second-order valence-electron chi connectivity index (χ2n) is 0.559. The number of hydrogen-bond acceptors (Lipinski definition) is 2. The van der Waals surface area contributed by atoms with Crippen molar-refractivity contribution in [2.24, 2.45) is 4.36 Å². The Morgan fingerprint density at radius 2 is 1.57 bits per heavy atom. The van der Waals surface area contributed by atoms with E-state index in [1.165, 1.54) is 0 Å². The van der Waals surface area contributed by atoms with Crippen molar-refractivity contribution in [2.75, 3.05) is 0 Å². The molecule has 0 fully saturated rings. The summed E-state index contributed by atoms with van der Waals surface area (Å²) in [6.45, 7) is 0. The van der Waals surface area contributed by atoms with Gasteiger partial charge in [-0.2, -0.15) is 0 Å². The van der Waals surface area contributed by atoms with Crippen molar-refractivity contribution < 1.29 is 66.0 Å². The van der Waals surface area contributed by atoms with Crippen LogP contribution in [0.4, 0.5) is 13.2 Å². The van der Waals surface area contributed by atoms with E-state index >= 15 is 0 Å². The minimum Gasteiger partial charge on any atom is -1.00 e. The van der Waals surface area contributed by atoms with Crippen molar-refractivity contribution in [3.05, 3.63) is 0 Å². The number of alkyl halides is 3. The maximum Gasteiger partial charge on any atom is 1.00 e. The smallest absolute Gasteiger partial charge is 1.00 e. The van der Waals surface area contributed by atoms with Gasteiger partial charge in [0, 0.05) is 12.4 Å². The van der Waals surface area contributed by atoms with Crippen molar-refractivity contribution in [1.29, 1.82) is 0 Å². The van der Waals surface area contributed by atoms with Gasteiger partial charge in [-0.25, -0.2) is 0 Å². The van der Waals surface area contributed by atoms with E-state index in [0.717, 1.165) is 0 Å². The molecule has 7 heavy (non-hydrogen) atoms. The summed E-state index contributed by atoms with van der Waals surface area (Å²) in [5.74, 6) is 0. The summed E-state index contributed by atoms with van der Waals surface area (Å²) in [5, 5.41) is 0. The second kappa shape index (κ2) is 4.34. The van der Waals surface area contributed by atoms with E-state index in [1.54, 1.807) is 4.36 Å². The Hall–Kier alpha value is 1.45. The average molecular weight is 155 g/mol. The first kappa shape index (κ1) is 11.3. The third kappa shape index (κ3) is 11.2. The summed E-state index contributed by atoms with van der Waals surface area (Å²) in [7, 11) is 0. The third-order valence-electron chi connectivity index (χ3n) is 0.104. The number of hydrogen-bond donors (Lipinski definition) is 0. The summed E-state index contributed by atoms with van der Waals surface area (Å²) in [6.07, 6.45) is -4.52. The fraction of sp³-hybridized carbons (Fsp3) is 1.00. The van der Waals surface area contributed by atoms with Crippen LogP contribution in [-0.2, 0) is 12.4 Å². The fourth-order valence-corrected chi connectivity index (χ4v) is 0. The number of nitrogens with zero attached hydrogens (tertiary/aromatic N) is 1. The van der Waals surface area contributed by atoms with Crippen LogP contribution in [-0.4, -0.2) is 6.30 Å². The Bertz CT molecular complexity index is 64.8. The van der Waals surface area contributed by atoms with Crippen LogP contribution >= 0.6 is 0 Å². The summed E-state index contributed by atoms with van der Waals surface area (Å²) < 4.78 is 33.1. The molecule has 0 rings (SSSR count). The van der Waals surface area contributed by atoms with E-state index in [4.69, 9.17) is 0 Å². The van der Waals surface area contributed by atoms with Gasteiger partial charge in [-0.1, -0.05) is 0 Å². The van der Waals surface area contributed by atoms with E-state index in [1.807, 2.05) is 0 Å². The zero-order valence-electron chi connectivity index (χ0n) is 4.49. The zero-order chi connectivity index (χ0) is 5.21. The molecular formula is CHF3KNS. The minimum atomic E-state index is -4.52. The topological polar surface area (TPSA) is 12.4 Å². The first-order valence-corrected chi connectivity index (χ1v) is 1.34. The SMILES string of the molecule is FC(F)(F)N=S.[H-].[K+].